The van der Waals surface area contributed by atoms with Crippen molar-refractivity contribution < 1.29 is 19.2 Å². The molecule has 0 heterocycles. The van der Waals surface area contributed by atoms with Gasteiger partial charge in [0.05, 0.1) is 4.92 Å². The number of non-ortho nitro benzene ring substituents is 1. The summed E-state index contributed by atoms with van der Waals surface area (Å²) < 4.78 is 5.32. The lowest BCUT2D eigenvalue weighted by Crippen LogP contribution is -2.26. The van der Waals surface area contributed by atoms with Crippen LogP contribution in [0.1, 0.15) is 10.4 Å². The highest BCUT2D eigenvalue weighted by molar-refractivity contribution is 6.06. The normalized spacial score (nSPS) is 10.2. The van der Waals surface area contributed by atoms with Crippen LogP contribution in [-0.2, 0) is 4.79 Å². The minimum atomic E-state index is -0.511. The molecule has 3 rings (SSSR count). The first kappa shape index (κ1) is 20.5. The minimum Gasteiger partial charge on any atom is -0.484 e. The zero-order chi connectivity index (χ0) is 21.5. The lowest BCUT2D eigenvalue weighted by atomic mass is 10.1. The van der Waals surface area contributed by atoms with Gasteiger partial charge in [-0.05, 0) is 48.5 Å². The number of hydrogen-bond donors (Lipinski definition) is 1. The van der Waals surface area contributed by atoms with Crippen molar-refractivity contribution in [2.75, 3.05) is 23.9 Å². The Balaban J connectivity index is 1.54. The molecule has 3 aromatic carbocycles. The van der Waals surface area contributed by atoms with Gasteiger partial charge in [0.2, 0.25) is 0 Å². The fourth-order valence-corrected chi connectivity index (χ4v) is 2.67. The Morgan fingerprint density at radius 3 is 2.20 bits per heavy atom. The monoisotopic (exact) mass is 405 g/mol. The molecule has 0 atom stereocenters. The third-order valence-electron chi connectivity index (χ3n) is 4.28. The lowest BCUT2D eigenvalue weighted by molar-refractivity contribution is -0.384. The molecular formula is C22H19N3O5. The van der Waals surface area contributed by atoms with E-state index in [0.29, 0.717) is 17.0 Å². The number of amides is 2. The van der Waals surface area contributed by atoms with Crippen LogP contribution < -0.4 is 15.0 Å². The Kier molecular flexibility index (Phi) is 6.39. The summed E-state index contributed by atoms with van der Waals surface area (Å²) in [5, 5.41) is 13.3. The number of nitro benzene ring substituents is 1. The van der Waals surface area contributed by atoms with E-state index in [0.717, 1.165) is 5.69 Å². The van der Waals surface area contributed by atoms with Crippen LogP contribution in [0, 0.1) is 10.1 Å². The van der Waals surface area contributed by atoms with Crippen molar-refractivity contribution in [2.24, 2.45) is 0 Å². The molecular weight excluding hydrogens is 386 g/mol. The standard InChI is InChI=1S/C22H19N3O5/c1-24(18-5-3-2-4-6-18)22(27)16-7-9-17(10-8-16)23-21(26)15-30-20-13-11-19(12-14-20)25(28)29/h2-14H,15H2,1H3,(H,23,26). The summed E-state index contributed by atoms with van der Waals surface area (Å²) in [7, 11) is 1.70. The Labute approximate surface area is 172 Å². The van der Waals surface area contributed by atoms with Gasteiger partial charge in [-0.1, -0.05) is 18.2 Å². The largest absolute Gasteiger partial charge is 0.484 e. The average Bonchev–Trinajstić information content (AvgIpc) is 2.78. The Morgan fingerprint density at radius 2 is 1.60 bits per heavy atom. The van der Waals surface area contributed by atoms with Gasteiger partial charge in [-0.3, -0.25) is 19.7 Å². The van der Waals surface area contributed by atoms with E-state index in [1.165, 1.54) is 24.3 Å². The van der Waals surface area contributed by atoms with Crippen LogP contribution in [0.4, 0.5) is 17.1 Å². The zero-order valence-corrected chi connectivity index (χ0v) is 16.1. The summed E-state index contributed by atoms with van der Waals surface area (Å²) in [4.78, 5) is 36.3. The number of para-hydroxylation sites is 1. The van der Waals surface area contributed by atoms with Crippen molar-refractivity contribution in [1.82, 2.24) is 0 Å². The summed E-state index contributed by atoms with van der Waals surface area (Å²) in [6.07, 6.45) is 0. The van der Waals surface area contributed by atoms with E-state index in [9.17, 15) is 19.7 Å². The maximum atomic E-state index is 12.6. The number of rotatable bonds is 7. The minimum absolute atomic E-state index is 0.0562. The number of anilines is 2. The van der Waals surface area contributed by atoms with Crippen LogP contribution >= 0.6 is 0 Å². The number of nitro groups is 1. The summed E-state index contributed by atoms with van der Waals surface area (Å²) in [5.41, 5.74) is 1.73. The van der Waals surface area contributed by atoms with Crippen LogP contribution in [0.3, 0.4) is 0 Å². The fourth-order valence-electron chi connectivity index (χ4n) is 2.67. The summed E-state index contributed by atoms with van der Waals surface area (Å²) in [5.74, 6) is -0.213. The van der Waals surface area contributed by atoms with Gasteiger partial charge in [-0.2, -0.15) is 0 Å². The second-order valence-corrected chi connectivity index (χ2v) is 6.36. The molecule has 0 aliphatic carbocycles. The molecule has 2 amide bonds. The summed E-state index contributed by atoms with van der Waals surface area (Å²) in [6.45, 7) is -0.255. The van der Waals surface area contributed by atoms with Gasteiger partial charge in [0, 0.05) is 36.1 Å². The van der Waals surface area contributed by atoms with E-state index in [4.69, 9.17) is 4.74 Å². The van der Waals surface area contributed by atoms with E-state index >= 15 is 0 Å². The molecule has 152 valence electrons. The Hall–Kier alpha value is -4.20. The molecule has 0 fully saturated rings. The molecule has 0 aliphatic rings. The van der Waals surface area contributed by atoms with Crippen molar-refractivity contribution in [3.05, 3.63) is 94.5 Å². The molecule has 8 nitrogen and oxygen atoms in total. The maximum Gasteiger partial charge on any atom is 0.269 e. The first-order valence-corrected chi connectivity index (χ1v) is 9.04. The zero-order valence-electron chi connectivity index (χ0n) is 16.1. The van der Waals surface area contributed by atoms with Crippen LogP contribution in [0.15, 0.2) is 78.9 Å². The molecule has 0 radical (unpaired) electrons. The number of ether oxygens (including phenoxy) is 1. The van der Waals surface area contributed by atoms with Crippen molar-refractivity contribution >= 4 is 28.9 Å². The molecule has 0 saturated carbocycles. The van der Waals surface area contributed by atoms with Gasteiger partial charge in [-0.15, -0.1) is 0 Å². The highest BCUT2D eigenvalue weighted by Crippen LogP contribution is 2.18. The van der Waals surface area contributed by atoms with E-state index in [2.05, 4.69) is 5.32 Å². The molecule has 1 N–H and O–H groups in total. The second-order valence-electron chi connectivity index (χ2n) is 6.36. The quantitative estimate of drug-likeness (QED) is 0.475. The molecule has 0 bridgehead atoms. The molecule has 0 aliphatic heterocycles. The number of nitrogens with one attached hydrogen (secondary N) is 1. The summed E-state index contributed by atoms with van der Waals surface area (Å²) in [6, 6.07) is 21.3. The third kappa shape index (κ3) is 5.20. The summed E-state index contributed by atoms with van der Waals surface area (Å²) >= 11 is 0. The van der Waals surface area contributed by atoms with Crippen molar-refractivity contribution in [1.29, 1.82) is 0 Å². The van der Waals surface area contributed by atoms with Crippen LogP contribution in [-0.4, -0.2) is 30.4 Å². The van der Waals surface area contributed by atoms with E-state index in [1.807, 2.05) is 30.3 Å². The number of carbonyl (C=O) groups is 2. The number of hydrogen-bond acceptors (Lipinski definition) is 5. The molecule has 0 aromatic heterocycles. The highest BCUT2D eigenvalue weighted by Gasteiger charge is 2.13. The van der Waals surface area contributed by atoms with Crippen LogP contribution in [0.25, 0.3) is 0 Å². The van der Waals surface area contributed by atoms with Crippen molar-refractivity contribution in [3.8, 4) is 5.75 Å². The van der Waals surface area contributed by atoms with Crippen molar-refractivity contribution in [3.63, 3.8) is 0 Å². The smallest absolute Gasteiger partial charge is 0.269 e. The van der Waals surface area contributed by atoms with Gasteiger partial charge < -0.3 is 15.0 Å². The Morgan fingerprint density at radius 1 is 0.967 bits per heavy atom. The molecule has 3 aromatic rings. The van der Waals surface area contributed by atoms with Crippen LogP contribution in [0.2, 0.25) is 0 Å². The van der Waals surface area contributed by atoms with Gasteiger partial charge in [-0.25, -0.2) is 0 Å². The number of carbonyl (C=O) groups excluding carboxylic acids is 2. The Bertz CT molecular complexity index is 1030. The topological polar surface area (TPSA) is 102 Å². The van der Waals surface area contributed by atoms with Crippen molar-refractivity contribution in [2.45, 2.75) is 0 Å². The first-order chi connectivity index (χ1) is 14.4. The van der Waals surface area contributed by atoms with Gasteiger partial charge in [0.15, 0.2) is 6.61 Å². The third-order valence-corrected chi connectivity index (χ3v) is 4.28. The number of benzene rings is 3. The SMILES string of the molecule is CN(C(=O)c1ccc(NC(=O)COc2ccc([N+](=O)[O-])cc2)cc1)c1ccccc1. The highest BCUT2D eigenvalue weighted by atomic mass is 16.6. The van der Waals surface area contributed by atoms with Gasteiger partial charge in [0.1, 0.15) is 5.75 Å². The first-order valence-electron chi connectivity index (χ1n) is 9.04. The molecule has 8 heteroatoms. The van der Waals surface area contributed by atoms with Gasteiger partial charge in [0.25, 0.3) is 17.5 Å². The molecule has 0 unspecified atom stereocenters. The van der Waals surface area contributed by atoms with E-state index in [-0.39, 0.29) is 18.2 Å². The average molecular weight is 405 g/mol. The number of nitrogens with zero attached hydrogens (tertiary/aromatic N) is 2. The second kappa shape index (κ2) is 9.33. The predicted molar refractivity (Wildman–Crippen MR) is 113 cm³/mol. The molecule has 0 saturated heterocycles. The maximum absolute atomic E-state index is 12.6. The van der Waals surface area contributed by atoms with Crippen LogP contribution in [0.5, 0.6) is 5.75 Å². The lowest BCUT2D eigenvalue weighted by Gasteiger charge is -2.17. The van der Waals surface area contributed by atoms with E-state index < -0.39 is 10.8 Å². The molecule has 30 heavy (non-hydrogen) atoms. The molecule has 0 spiro atoms. The van der Waals surface area contributed by atoms with Gasteiger partial charge >= 0.3 is 0 Å². The predicted octanol–water partition coefficient (Wildman–Crippen LogP) is 3.89. The fraction of sp³-hybridized carbons (Fsp3) is 0.0909. The van der Waals surface area contributed by atoms with E-state index in [1.54, 1.807) is 36.2 Å².